The van der Waals surface area contributed by atoms with E-state index >= 15 is 0 Å². The molecule has 1 aliphatic heterocycles. The number of fused-ring (bicyclic) bond motifs is 1. The number of carbonyl (C=O) groups excluding carboxylic acids is 1. The van der Waals surface area contributed by atoms with Crippen LogP contribution in [0.5, 0.6) is 11.5 Å². The van der Waals surface area contributed by atoms with E-state index in [0.717, 1.165) is 17.0 Å². The van der Waals surface area contributed by atoms with Gasteiger partial charge >= 0.3 is 0 Å². The maximum atomic E-state index is 11.9. The summed E-state index contributed by atoms with van der Waals surface area (Å²) in [6.45, 7) is 2.98. The molecule has 2 heterocycles. The van der Waals surface area contributed by atoms with E-state index in [1.807, 2.05) is 25.1 Å². The van der Waals surface area contributed by atoms with Gasteiger partial charge in [0.1, 0.15) is 13.2 Å². The molecule has 104 valence electrons. The van der Waals surface area contributed by atoms with Crippen LogP contribution in [0.25, 0.3) is 0 Å². The van der Waals surface area contributed by atoms with Crippen LogP contribution in [-0.2, 0) is 11.2 Å². The van der Waals surface area contributed by atoms with Gasteiger partial charge in [0.05, 0.1) is 6.42 Å². The van der Waals surface area contributed by atoms with Crippen molar-refractivity contribution in [3.05, 3.63) is 35.5 Å². The Morgan fingerprint density at radius 1 is 1.30 bits per heavy atom. The van der Waals surface area contributed by atoms with Gasteiger partial charge < -0.3 is 14.8 Å². The number of benzene rings is 1. The van der Waals surface area contributed by atoms with Crippen molar-refractivity contribution in [2.24, 2.45) is 0 Å². The Hall–Kier alpha value is -2.50. The molecule has 1 aromatic heterocycles. The van der Waals surface area contributed by atoms with Gasteiger partial charge in [0.15, 0.2) is 17.3 Å². The summed E-state index contributed by atoms with van der Waals surface area (Å²) >= 11 is 0. The highest BCUT2D eigenvalue weighted by atomic mass is 16.6. The van der Waals surface area contributed by atoms with Gasteiger partial charge in [0, 0.05) is 11.8 Å². The van der Waals surface area contributed by atoms with Gasteiger partial charge in [0.2, 0.25) is 5.91 Å². The predicted octanol–water partition coefficient (Wildman–Crippen LogP) is 1.67. The van der Waals surface area contributed by atoms with Gasteiger partial charge in [-0.25, -0.2) is 0 Å². The molecule has 6 nitrogen and oxygen atoms in total. The molecule has 2 aromatic rings. The number of carbonyl (C=O) groups is 1. The molecule has 0 radical (unpaired) electrons. The molecule has 2 N–H and O–H groups in total. The average molecular weight is 273 g/mol. The lowest BCUT2D eigenvalue weighted by Crippen LogP contribution is -2.17. The fraction of sp³-hybridized carbons (Fsp3) is 0.286. The Kier molecular flexibility index (Phi) is 3.28. The van der Waals surface area contributed by atoms with E-state index in [0.29, 0.717) is 24.8 Å². The summed E-state index contributed by atoms with van der Waals surface area (Å²) in [6, 6.07) is 7.31. The van der Waals surface area contributed by atoms with Crippen LogP contribution in [0.1, 0.15) is 11.3 Å². The lowest BCUT2D eigenvalue weighted by atomic mass is 10.1. The minimum Gasteiger partial charge on any atom is -0.486 e. The summed E-state index contributed by atoms with van der Waals surface area (Å²) in [5.74, 6) is 1.83. The van der Waals surface area contributed by atoms with E-state index in [9.17, 15) is 4.79 Å². The molecule has 1 amide bonds. The zero-order chi connectivity index (χ0) is 13.9. The quantitative estimate of drug-likeness (QED) is 0.892. The minimum atomic E-state index is -0.117. The average Bonchev–Trinajstić information content (AvgIpc) is 2.83. The number of ether oxygens (including phenoxy) is 2. The molecular formula is C14H15N3O3. The molecule has 1 aliphatic rings. The second-order valence-electron chi connectivity index (χ2n) is 4.64. The molecule has 0 bridgehead atoms. The number of H-pyrrole nitrogens is 1. The summed E-state index contributed by atoms with van der Waals surface area (Å²) in [6.07, 6.45) is 0.266. The van der Waals surface area contributed by atoms with Gasteiger partial charge in [0.25, 0.3) is 0 Å². The lowest BCUT2D eigenvalue weighted by molar-refractivity contribution is -0.115. The first-order chi connectivity index (χ1) is 9.70. The van der Waals surface area contributed by atoms with Crippen LogP contribution in [0.3, 0.4) is 0 Å². The molecule has 0 aliphatic carbocycles. The molecule has 20 heavy (non-hydrogen) atoms. The zero-order valence-corrected chi connectivity index (χ0v) is 11.1. The van der Waals surface area contributed by atoms with Crippen LogP contribution in [0.4, 0.5) is 5.82 Å². The van der Waals surface area contributed by atoms with Crippen LogP contribution in [-0.4, -0.2) is 29.3 Å². The normalized spacial score (nSPS) is 13.1. The third-order valence-corrected chi connectivity index (χ3v) is 2.94. The smallest absolute Gasteiger partial charge is 0.229 e. The number of hydrogen-bond donors (Lipinski definition) is 2. The van der Waals surface area contributed by atoms with Crippen LogP contribution in [0, 0.1) is 6.92 Å². The Labute approximate surface area is 116 Å². The fourth-order valence-corrected chi connectivity index (χ4v) is 2.05. The number of nitrogens with zero attached hydrogens (tertiary/aromatic N) is 1. The number of aryl methyl sites for hydroxylation is 1. The fourth-order valence-electron chi connectivity index (χ4n) is 2.05. The Morgan fingerprint density at radius 3 is 2.85 bits per heavy atom. The maximum absolute atomic E-state index is 11.9. The van der Waals surface area contributed by atoms with Gasteiger partial charge in [-0.05, 0) is 24.6 Å². The van der Waals surface area contributed by atoms with Crippen molar-refractivity contribution in [2.75, 3.05) is 18.5 Å². The SMILES string of the molecule is Cc1cc(NC(=O)Cc2ccc3c(c2)OCCO3)n[nH]1. The Bertz CT molecular complexity index is 636. The van der Waals surface area contributed by atoms with Crippen molar-refractivity contribution >= 4 is 11.7 Å². The number of aromatic amines is 1. The van der Waals surface area contributed by atoms with Gasteiger partial charge in [-0.3, -0.25) is 9.89 Å². The number of anilines is 1. The summed E-state index contributed by atoms with van der Waals surface area (Å²) in [5.41, 5.74) is 1.78. The van der Waals surface area contributed by atoms with E-state index in [4.69, 9.17) is 9.47 Å². The first-order valence-electron chi connectivity index (χ1n) is 6.41. The van der Waals surface area contributed by atoms with Crippen LogP contribution in [0.2, 0.25) is 0 Å². The van der Waals surface area contributed by atoms with Crippen molar-refractivity contribution in [1.82, 2.24) is 10.2 Å². The van der Waals surface area contributed by atoms with Crippen molar-refractivity contribution in [1.29, 1.82) is 0 Å². The number of aromatic nitrogens is 2. The molecule has 0 fully saturated rings. The standard InChI is InChI=1S/C14H15N3O3/c1-9-6-13(17-16-9)15-14(18)8-10-2-3-11-12(7-10)20-5-4-19-11/h2-3,6-7H,4-5,8H2,1H3,(H2,15,16,17,18). The largest absolute Gasteiger partial charge is 0.486 e. The summed E-state index contributed by atoms with van der Waals surface area (Å²) < 4.78 is 10.9. The zero-order valence-electron chi connectivity index (χ0n) is 11.1. The van der Waals surface area contributed by atoms with Crippen LogP contribution in [0.15, 0.2) is 24.3 Å². The molecule has 0 saturated carbocycles. The topological polar surface area (TPSA) is 76.2 Å². The number of nitrogens with one attached hydrogen (secondary N) is 2. The van der Waals surface area contributed by atoms with E-state index in [1.165, 1.54) is 0 Å². The van der Waals surface area contributed by atoms with E-state index in [2.05, 4.69) is 15.5 Å². The molecule has 6 heteroatoms. The minimum absolute atomic E-state index is 0.117. The molecule has 0 atom stereocenters. The highest BCUT2D eigenvalue weighted by Gasteiger charge is 2.13. The maximum Gasteiger partial charge on any atom is 0.229 e. The lowest BCUT2D eigenvalue weighted by Gasteiger charge is -2.18. The highest BCUT2D eigenvalue weighted by Crippen LogP contribution is 2.30. The van der Waals surface area contributed by atoms with Gasteiger partial charge in [-0.2, -0.15) is 5.10 Å². The Morgan fingerprint density at radius 2 is 2.10 bits per heavy atom. The molecule has 1 aromatic carbocycles. The monoisotopic (exact) mass is 273 g/mol. The van der Waals surface area contributed by atoms with E-state index < -0.39 is 0 Å². The number of amides is 1. The summed E-state index contributed by atoms with van der Waals surface area (Å²) in [7, 11) is 0. The molecule has 3 rings (SSSR count). The second-order valence-corrected chi connectivity index (χ2v) is 4.64. The molecular weight excluding hydrogens is 258 g/mol. The Balaban J connectivity index is 1.66. The third-order valence-electron chi connectivity index (χ3n) is 2.94. The first kappa shape index (κ1) is 12.5. The predicted molar refractivity (Wildman–Crippen MR) is 73.1 cm³/mol. The highest BCUT2D eigenvalue weighted by molar-refractivity contribution is 5.91. The number of hydrogen-bond acceptors (Lipinski definition) is 4. The van der Waals surface area contributed by atoms with Gasteiger partial charge in [-0.1, -0.05) is 6.07 Å². The van der Waals surface area contributed by atoms with Crippen molar-refractivity contribution in [3.8, 4) is 11.5 Å². The molecule has 0 saturated heterocycles. The molecule has 0 spiro atoms. The van der Waals surface area contributed by atoms with Crippen LogP contribution >= 0.6 is 0 Å². The third kappa shape index (κ3) is 2.74. The van der Waals surface area contributed by atoms with Crippen molar-refractivity contribution in [3.63, 3.8) is 0 Å². The van der Waals surface area contributed by atoms with Crippen molar-refractivity contribution in [2.45, 2.75) is 13.3 Å². The molecule has 0 unspecified atom stereocenters. The van der Waals surface area contributed by atoms with Gasteiger partial charge in [-0.15, -0.1) is 0 Å². The summed E-state index contributed by atoms with van der Waals surface area (Å²) in [5, 5.41) is 9.48. The van der Waals surface area contributed by atoms with Crippen LogP contribution < -0.4 is 14.8 Å². The first-order valence-corrected chi connectivity index (χ1v) is 6.41. The second kappa shape index (κ2) is 5.24. The van der Waals surface area contributed by atoms with E-state index in [1.54, 1.807) is 6.07 Å². The number of rotatable bonds is 3. The summed E-state index contributed by atoms with van der Waals surface area (Å²) in [4.78, 5) is 11.9. The van der Waals surface area contributed by atoms with Crippen molar-refractivity contribution < 1.29 is 14.3 Å². The van der Waals surface area contributed by atoms with E-state index in [-0.39, 0.29) is 12.3 Å².